The third-order valence-corrected chi connectivity index (χ3v) is 3.45. The number of nitrogens with one attached hydrogen (secondary N) is 2. The first-order chi connectivity index (χ1) is 7.39. The molecular formula is C13H26N2O. The van der Waals surface area contributed by atoms with Crippen LogP contribution in [-0.4, -0.2) is 25.0 Å². The molecule has 0 radical (unpaired) electrons. The number of hydrogen-bond donors (Lipinski definition) is 2. The van der Waals surface area contributed by atoms with E-state index < -0.39 is 0 Å². The Hall–Kier alpha value is -0.570. The monoisotopic (exact) mass is 226 g/mol. The topological polar surface area (TPSA) is 41.1 Å². The summed E-state index contributed by atoms with van der Waals surface area (Å²) in [5.41, 5.74) is 0.263. The van der Waals surface area contributed by atoms with Gasteiger partial charge in [-0.1, -0.05) is 27.7 Å². The van der Waals surface area contributed by atoms with E-state index >= 15 is 0 Å². The Bertz CT molecular complexity index is 229. The summed E-state index contributed by atoms with van der Waals surface area (Å²) in [4.78, 5) is 11.5. The number of rotatable bonds is 6. The fourth-order valence-electron chi connectivity index (χ4n) is 1.34. The van der Waals surface area contributed by atoms with Crippen LogP contribution in [-0.2, 0) is 4.79 Å². The maximum atomic E-state index is 11.5. The molecule has 1 saturated carbocycles. The van der Waals surface area contributed by atoms with E-state index in [2.05, 4.69) is 38.3 Å². The van der Waals surface area contributed by atoms with Gasteiger partial charge in [0.1, 0.15) is 0 Å². The zero-order valence-corrected chi connectivity index (χ0v) is 11.1. The molecule has 0 spiro atoms. The highest BCUT2D eigenvalue weighted by molar-refractivity contribution is 5.76. The van der Waals surface area contributed by atoms with Gasteiger partial charge in [0.15, 0.2) is 0 Å². The molecule has 0 heterocycles. The highest BCUT2D eigenvalue weighted by Gasteiger charge is 2.21. The lowest BCUT2D eigenvalue weighted by Crippen LogP contribution is -2.35. The Morgan fingerprint density at radius 2 is 2.00 bits per heavy atom. The molecule has 0 aliphatic heterocycles. The van der Waals surface area contributed by atoms with Gasteiger partial charge in [0, 0.05) is 25.6 Å². The molecule has 1 aliphatic carbocycles. The third kappa shape index (κ3) is 5.50. The minimum atomic E-state index is 0.171. The zero-order valence-electron chi connectivity index (χ0n) is 11.1. The molecule has 2 N–H and O–H groups in total. The summed E-state index contributed by atoms with van der Waals surface area (Å²) in [6.45, 7) is 10.4. The van der Waals surface area contributed by atoms with Crippen molar-refractivity contribution in [1.29, 1.82) is 0 Å². The van der Waals surface area contributed by atoms with Crippen molar-refractivity contribution in [3.8, 4) is 0 Å². The quantitative estimate of drug-likeness (QED) is 0.726. The summed E-state index contributed by atoms with van der Waals surface area (Å²) < 4.78 is 0. The van der Waals surface area contributed by atoms with Gasteiger partial charge in [-0.2, -0.15) is 0 Å². The van der Waals surface area contributed by atoms with Gasteiger partial charge in [0.05, 0.1) is 0 Å². The van der Waals surface area contributed by atoms with Gasteiger partial charge in [0.2, 0.25) is 5.91 Å². The molecule has 0 saturated heterocycles. The van der Waals surface area contributed by atoms with Crippen molar-refractivity contribution in [3.05, 3.63) is 0 Å². The van der Waals surface area contributed by atoms with Gasteiger partial charge in [-0.15, -0.1) is 0 Å². The van der Waals surface area contributed by atoms with Crippen molar-refractivity contribution >= 4 is 5.91 Å². The first-order valence-electron chi connectivity index (χ1n) is 6.39. The smallest absolute Gasteiger partial charge is 0.221 e. The molecule has 94 valence electrons. The Morgan fingerprint density at radius 1 is 1.38 bits per heavy atom. The molecule has 1 rings (SSSR count). The highest BCUT2D eigenvalue weighted by Crippen LogP contribution is 2.24. The van der Waals surface area contributed by atoms with E-state index in [1.165, 1.54) is 12.8 Å². The SMILES string of the molecule is CC(CNC(=O)CCNC1CC1)C(C)(C)C. The van der Waals surface area contributed by atoms with E-state index in [1.807, 2.05) is 0 Å². The van der Waals surface area contributed by atoms with Crippen LogP contribution in [0.15, 0.2) is 0 Å². The molecule has 3 heteroatoms. The fraction of sp³-hybridized carbons (Fsp3) is 0.923. The lowest BCUT2D eigenvalue weighted by Gasteiger charge is -2.27. The summed E-state index contributed by atoms with van der Waals surface area (Å²) in [7, 11) is 0. The molecule has 0 aromatic rings. The summed E-state index contributed by atoms with van der Waals surface area (Å²) in [6.07, 6.45) is 3.17. The normalized spacial score (nSPS) is 18.2. The van der Waals surface area contributed by atoms with E-state index in [0.29, 0.717) is 18.4 Å². The minimum absolute atomic E-state index is 0.171. The second kappa shape index (κ2) is 5.67. The molecule has 1 aliphatic rings. The number of hydrogen-bond acceptors (Lipinski definition) is 2. The number of carbonyl (C=O) groups is 1. The molecule has 0 aromatic carbocycles. The lowest BCUT2D eigenvalue weighted by molar-refractivity contribution is -0.121. The van der Waals surface area contributed by atoms with E-state index in [4.69, 9.17) is 0 Å². The molecule has 0 bridgehead atoms. The Kier molecular flexibility index (Phi) is 4.78. The predicted octanol–water partition coefficient (Wildman–Crippen LogP) is 1.93. The summed E-state index contributed by atoms with van der Waals surface area (Å²) in [6, 6.07) is 0.696. The van der Waals surface area contributed by atoms with Crippen LogP contribution >= 0.6 is 0 Å². The van der Waals surface area contributed by atoms with Crippen LogP contribution in [0.25, 0.3) is 0 Å². The zero-order chi connectivity index (χ0) is 12.2. The van der Waals surface area contributed by atoms with Crippen LogP contribution in [0.4, 0.5) is 0 Å². The maximum absolute atomic E-state index is 11.5. The highest BCUT2D eigenvalue weighted by atomic mass is 16.1. The lowest BCUT2D eigenvalue weighted by atomic mass is 9.82. The standard InChI is InChI=1S/C13H26N2O/c1-10(13(2,3)4)9-15-12(16)7-8-14-11-5-6-11/h10-11,14H,5-9H2,1-4H3,(H,15,16). The average molecular weight is 226 g/mol. The molecule has 1 fully saturated rings. The van der Waals surface area contributed by atoms with Crippen LogP contribution in [0, 0.1) is 11.3 Å². The van der Waals surface area contributed by atoms with E-state index in [0.717, 1.165) is 13.1 Å². The van der Waals surface area contributed by atoms with Crippen LogP contribution in [0.3, 0.4) is 0 Å². The van der Waals surface area contributed by atoms with Crippen molar-refractivity contribution in [2.45, 2.75) is 53.0 Å². The van der Waals surface area contributed by atoms with E-state index in [1.54, 1.807) is 0 Å². The Morgan fingerprint density at radius 3 is 2.50 bits per heavy atom. The molecule has 0 aromatic heterocycles. The van der Waals surface area contributed by atoms with Crippen LogP contribution in [0.1, 0.15) is 47.0 Å². The third-order valence-electron chi connectivity index (χ3n) is 3.45. The van der Waals surface area contributed by atoms with Gasteiger partial charge in [0.25, 0.3) is 0 Å². The summed E-state index contributed by atoms with van der Waals surface area (Å²) in [5.74, 6) is 0.678. The van der Waals surface area contributed by atoms with Crippen LogP contribution in [0.5, 0.6) is 0 Å². The summed E-state index contributed by atoms with van der Waals surface area (Å²) >= 11 is 0. The van der Waals surface area contributed by atoms with Crippen LogP contribution < -0.4 is 10.6 Å². The van der Waals surface area contributed by atoms with Gasteiger partial charge in [-0.05, 0) is 24.2 Å². The fourth-order valence-corrected chi connectivity index (χ4v) is 1.34. The second-order valence-electron chi connectivity index (χ2n) is 6.05. The second-order valence-corrected chi connectivity index (χ2v) is 6.05. The van der Waals surface area contributed by atoms with Gasteiger partial charge in [-0.25, -0.2) is 0 Å². The van der Waals surface area contributed by atoms with E-state index in [9.17, 15) is 4.79 Å². The van der Waals surface area contributed by atoms with Crippen molar-refractivity contribution in [3.63, 3.8) is 0 Å². The van der Waals surface area contributed by atoms with Gasteiger partial charge in [-0.3, -0.25) is 4.79 Å². The molecule has 1 atom stereocenters. The summed E-state index contributed by atoms with van der Waals surface area (Å²) in [5, 5.41) is 6.35. The average Bonchev–Trinajstić information content (AvgIpc) is 2.96. The predicted molar refractivity (Wildman–Crippen MR) is 67.3 cm³/mol. The van der Waals surface area contributed by atoms with E-state index in [-0.39, 0.29) is 11.3 Å². The largest absolute Gasteiger partial charge is 0.356 e. The number of carbonyl (C=O) groups excluding carboxylic acids is 1. The van der Waals surface area contributed by atoms with Crippen LogP contribution in [0.2, 0.25) is 0 Å². The first-order valence-corrected chi connectivity index (χ1v) is 6.39. The van der Waals surface area contributed by atoms with Gasteiger partial charge < -0.3 is 10.6 Å². The molecule has 3 nitrogen and oxygen atoms in total. The number of amides is 1. The molecular weight excluding hydrogens is 200 g/mol. The Balaban J connectivity index is 2.04. The van der Waals surface area contributed by atoms with Crippen molar-refractivity contribution in [2.24, 2.45) is 11.3 Å². The molecule has 16 heavy (non-hydrogen) atoms. The van der Waals surface area contributed by atoms with Gasteiger partial charge >= 0.3 is 0 Å². The van der Waals surface area contributed by atoms with Crippen molar-refractivity contribution in [1.82, 2.24) is 10.6 Å². The van der Waals surface area contributed by atoms with Crippen molar-refractivity contribution in [2.75, 3.05) is 13.1 Å². The van der Waals surface area contributed by atoms with Crippen molar-refractivity contribution < 1.29 is 4.79 Å². The maximum Gasteiger partial charge on any atom is 0.221 e. The Labute approximate surface area is 99.4 Å². The first kappa shape index (κ1) is 13.5. The molecule has 1 unspecified atom stereocenters. The molecule has 1 amide bonds. The minimum Gasteiger partial charge on any atom is -0.356 e.